The summed E-state index contributed by atoms with van der Waals surface area (Å²) in [6.07, 6.45) is 12.8. The fraction of sp³-hybridized carbons (Fsp3) is 0.273. The highest BCUT2D eigenvalue weighted by Crippen LogP contribution is 2.30. The Labute approximate surface area is 82.8 Å². The molecular formula is C11H11N3. The summed E-state index contributed by atoms with van der Waals surface area (Å²) in [6, 6.07) is 2.36. The SMILES string of the molecule is N#CC1(Cc2ncc[nH]2)C=CC=CC1. The van der Waals surface area contributed by atoms with Crippen LogP contribution in [0.25, 0.3) is 0 Å². The lowest BCUT2D eigenvalue weighted by molar-refractivity contribution is 0.494. The number of nitriles is 1. The van der Waals surface area contributed by atoms with Crippen LogP contribution >= 0.6 is 0 Å². The maximum atomic E-state index is 9.16. The molecule has 0 fully saturated rings. The van der Waals surface area contributed by atoms with Gasteiger partial charge in [-0.3, -0.25) is 0 Å². The number of nitrogens with one attached hydrogen (secondary N) is 1. The molecule has 0 aromatic carbocycles. The van der Waals surface area contributed by atoms with Crippen LogP contribution in [0.2, 0.25) is 0 Å². The first-order chi connectivity index (χ1) is 6.85. The molecule has 0 spiro atoms. The molecule has 0 aliphatic heterocycles. The molecule has 0 radical (unpaired) electrons. The minimum absolute atomic E-state index is 0.410. The number of H-pyrrole nitrogens is 1. The zero-order valence-corrected chi connectivity index (χ0v) is 7.77. The van der Waals surface area contributed by atoms with Gasteiger partial charge in [-0.05, 0) is 6.42 Å². The maximum Gasteiger partial charge on any atom is 0.107 e. The Morgan fingerprint density at radius 2 is 2.50 bits per heavy atom. The monoisotopic (exact) mass is 185 g/mol. The van der Waals surface area contributed by atoms with Gasteiger partial charge in [-0.2, -0.15) is 5.26 Å². The van der Waals surface area contributed by atoms with Gasteiger partial charge in [-0.1, -0.05) is 24.3 Å². The van der Waals surface area contributed by atoms with Crippen LogP contribution < -0.4 is 0 Å². The van der Waals surface area contributed by atoms with Crippen molar-refractivity contribution >= 4 is 0 Å². The molecule has 3 heteroatoms. The molecule has 1 heterocycles. The van der Waals surface area contributed by atoms with Gasteiger partial charge in [0.15, 0.2) is 0 Å². The highest BCUT2D eigenvalue weighted by Gasteiger charge is 2.28. The molecule has 1 unspecified atom stereocenters. The van der Waals surface area contributed by atoms with Crippen molar-refractivity contribution in [2.24, 2.45) is 5.41 Å². The van der Waals surface area contributed by atoms with Crippen LogP contribution in [0.1, 0.15) is 12.2 Å². The molecule has 0 saturated carbocycles. The second-order valence-electron chi connectivity index (χ2n) is 3.47. The van der Waals surface area contributed by atoms with Gasteiger partial charge in [0.2, 0.25) is 0 Å². The van der Waals surface area contributed by atoms with E-state index in [2.05, 4.69) is 16.0 Å². The van der Waals surface area contributed by atoms with E-state index in [-0.39, 0.29) is 0 Å². The third kappa shape index (κ3) is 1.60. The summed E-state index contributed by atoms with van der Waals surface area (Å²) in [5.74, 6) is 0.867. The summed E-state index contributed by atoms with van der Waals surface area (Å²) >= 11 is 0. The van der Waals surface area contributed by atoms with Crippen LogP contribution in [0.4, 0.5) is 0 Å². The van der Waals surface area contributed by atoms with Crippen molar-refractivity contribution in [2.45, 2.75) is 12.8 Å². The molecule has 1 atom stereocenters. The molecule has 3 nitrogen and oxygen atoms in total. The average molecular weight is 185 g/mol. The summed E-state index contributed by atoms with van der Waals surface area (Å²) in [4.78, 5) is 7.16. The van der Waals surface area contributed by atoms with Crippen LogP contribution in [0.5, 0.6) is 0 Å². The van der Waals surface area contributed by atoms with Crippen molar-refractivity contribution in [2.75, 3.05) is 0 Å². The van der Waals surface area contributed by atoms with Crippen molar-refractivity contribution in [1.29, 1.82) is 5.26 Å². The van der Waals surface area contributed by atoms with Crippen LogP contribution in [-0.2, 0) is 6.42 Å². The Balaban J connectivity index is 2.19. The van der Waals surface area contributed by atoms with Gasteiger partial charge >= 0.3 is 0 Å². The van der Waals surface area contributed by atoms with Crippen molar-refractivity contribution < 1.29 is 0 Å². The number of imidazole rings is 1. The van der Waals surface area contributed by atoms with E-state index in [0.717, 1.165) is 12.2 Å². The fourth-order valence-electron chi connectivity index (χ4n) is 1.61. The summed E-state index contributed by atoms with van der Waals surface area (Å²) in [5, 5.41) is 9.16. The molecule has 70 valence electrons. The average Bonchev–Trinajstić information content (AvgIpc) is 2.72. The Morgan fingerprint density at radius 1 is 1.57 bits per heavy atom. The summed E-state index contributed by atoms with van der Waals surface area (Å²) in [5.41, 5.74) is -0.410. The lowest BCUT2D eigenvalue weighted by atomic mass is 9.80. The van der Waals surface area contributed by atoms with Gasteiger partial charge in [0.1, 0.15) is 5.82 Å². The number of hydrogen-bond donors (Lipinski definition) is 1. The van der Waals surface area contributed by atoms with Crippen molar-refractivity contribution in [3.05, 3.63) is 42.5 Å². The van der Waals surface area contributed by atoms with Gasteiger partial charge in [0.25, 0.3) is 0 Å². The molecule has 1 aliphatic rings. The molecular weight excluding hydrogens is 174 g/mol. The van der Waals surface area contributed by atoms with E-state index in [1.807, 2.05) is 24.3 Å². The standard InChI is InChI=1S/C11H11N3/c12-9-11(4-2-1-3-5-11)8-10-13-6-7-14-10/h1-4,6-7H,5,8H2,(H,13,14). The van der Waals surface area contributed by atoms with Gasteiger partial charge in [-0.25, -0.2) is 4.98 Å². The summed E-state index contributed by atoms with van der Waals surface area (Å²) in [7, 11) is 0. The van der Waals surface area contributed by atoms with E-state index in [1.54, 1.807) is 12.4 Å². The fourth-order valence-corrected chi connectivity index (χ4v) is 1.61. The molecule has 1 aliphatic carbocycles. The third-order valence-corrected chi connectivity index (χ3v) is 2.40. The predicted octanol–water partition coefficient (Wildman–Crippen LogP) is 1.98. The first kappa shape index (κ1) is 8.76. The Bertz CT molecular complexity index is 395. The van der Waals surface area contributed by atoms with E-state index in [4.69, 9.17) is 5.26 Å². The first-order valence-corrected chi connectivity index (χ1v) is 4.59. The van der Waals surface area contributed by atoms with Gasteiger partial charge in [0.05, 0.1) is 11.5 Å². The number of rotatable bonds is 2. The predicted molar refractivity (Wildman–Crippen MR) is 53.2 cm³/mol. The maximum absolute atomic E-state index is 9.16. The molecule has 2 rings (SSSR count). The number of hydrogen-bond acceptors (Lipinski definition) is 2. The normalized spacial score (nSPS) is 24.8. The van der Waals surface area contributed by atoms with Crippen LogP contribution in [0.15, 0.2) is 36.7 Å². The molecule has 1 aromatic rings. The van der Waals surface area contributed by atoms with Crippen molar-refractivity contribution in [3.8, 4) is 6.07 Å². The van der Waals surface area contributed by atoms with Crippen molar-refractivity contribution in [1.82, 2.24) is 9.97 Å². The number of aromatic amines is 1. The topological polar surface area (TPSA) is 52.5 Å². The minimum atomic E-state index is -0.410. The number of nitrogens with zero attached hydrogens (tertiary/aromatic N) is 2. The molecule has 0 saturated heterocycles. The van der Waals surface area contributed by atoms with Crippen molar-refractivity contribution in [3.63, 3.8) is 0 Å². The Kier molecular flexibility index (Phi) is 2.19. The Hall–Kier alpha value is -1.82. The smallest absolute Gasteiger partial charge is 0.107 e. The minimum Gasteiger partial charge on any atom is -0.349 e. The van der Waals surface area contributed by atoms with Crippen LogP contribution in [0, 0.1) is 16.7 Å². The molecule has 1 N–H and O–H groups in total. The third-order valence-electron chi connectivity index (χ3n) is 2.40. The first-order valence-electron chi connectivity index (χ1n) is 4.59. The van der Waals surface area contributed by atoms with Crippen LogP contribution in [-0.4, -0.2) is 9.97 Å². The lowest BCUT2D eigenvalue weighted by Gasteiger charge is -2.21. The second-order valence-corrected chi connectivity index (χ2v) is 3.47. The zero-order valence-electron chi connectivity index (χ0n) is 7.77. The molecule has 0 bridgehead atoms. The number of allylic oxidation sites excluding steroid dienone is 4. The Morgan fingerprint density at radius 3 is 3.07 bits per heavy atom. The summed E-state index contributed by atoms with van der Waals surface area (Å²) in [6.45, 7) is 0. The van der Waals surface area contributed by atoms with Gasteiger partial charge in [-0.15, -0.1) is 0 Å². The molecule has 0 amide bonds. The summed E-state index contributed by atoms with van der Waals surface area (Å²) < 4.78 is 0. The lowest BCUT2D eigenvalue weighted by Crippen LogP contribution is -2.20. The van der Waals surface area contributed by atoms with E-state index in [0.29, 0.717) is 6.42 Å². The number of aromatic nitrogens is 2. The highest BCUT2D eigenvalue weighted by atomic mass is 14.9. The highest BCUT2D eigenvalue weighted by molar-refractivity contribution is 5.25. The van der Waals surface area contributed by atoms with E-state index in [1.165, 1.54) is 0 Å². The zero-order chi connectivity index (χ0) is 9.86. The molecule has 1 aromatic heterocycles. The van der Waals surface area contributed by atoms with Gasteiger partial charge in [0, 0.05) is 18.8 Å². The molecule has 14 heavy (non-hydrogen) atoms. The quantitative estimate of drug-likeness (QED) is 0.765. The van der Waals surface area contributed by atoms with Crippen LogP contribution in [0.3, 0.4) is 0 Å². The van der Waals surface area contributed by atoms with Gasteiger partial charge < -0.3 is 4.98 Å². The van der Waals surface area contributed by atoms with E-state index in [9.17, 15) is 0 Å². The van der Waals surface area contributed by atoms with E-state index < -0.39 is 5.41 Å². The largest absolute Gasteiger partial charge is 0.349 e. The second kappa shape index (κ2) is 3.51. The van der Waals surface area contributed by atoms with E-state index >= 15 is 0 Å².